The minimum atomic E-state index is 0.145. The molecule has 2 aliphatic rings. The van der Waals surface area contributed by atoms with E-state index in [1.54, 1.807) is 0 Å². The van der Waals surface area contributed by atoms with Crippen molar-refractivity contribution < 1.29 is 0 Å². The highest BCUT2D eigenvalue weighted by molar-refractivity contribution is 9.10. The first-order chi connectivity index (χ1) is 10.2. The third kappa shape index (κ3) is 4.78. The zero-order valence-corrected chi connectivity index (χ0v) is 14.3. The Bertz CT molecular complexity index is 453. The summed E-state index contributed by atoms with van der Waals surface area (Å²) in [6.45, 7) is 7.34. The topological polar surface area (TPSA) is 32.5 Å². The van der Waals surface area contributed by atoms with Gasteiger partial charge in [-0.3, -0.25) is 0 Å². The lowest BCUT2D eigenvalue weighted by Gasteiger charge is -2.35. The van der Waals surface area contributed by atoms with Crippen LogP contribution in [0.3, 0.4) is 0 Å². The summed E-state index contributed by atoms with van der Waals surface area (Å²) in [6, 6.07) is 8.53. The van der Waals surface area contributed by atoms with Crippen molar-refractivity contribution in [2.24, 2.45) is 11.7 Å². The van der Waals surface area contributed by atoms with Crippen LogP contribution in [-0.4, -0.2) is 49.1 Å². The van der Waals surface area contributed by atoms with Gasteiger partial charge in [-0.15, -0.1) is 0 Å². The van der Waals surface area contributed by atoms with Crippen LogP contribution in [0.1, 0.15) is 30.9 Å². The van der Waals surface area contributed by atoms with Gasteiger partial charge in [0.2, 0.25) is 0 Å². The largest absolute Gasteiger partial charge is 0.324 e. The molecule has 2 fully saturated rings. The molecule has 1 heterocycles. The van der Waals surface area contributed by atoms with Gasteiger partial charge in [-0.2, -0.15) is 0 Å². The number of benzene rings is 1. The van der Waals surface area contributed by atoms with Crippen molar-refractivity contribution in [2.75, 3.05) is 39.3 Å². The van der Waals surface area contributed by atoms with E-state index in [0.717, 1.165) is 23.4 Å². The maximum Gasteiger partial charge on any atom is 0.0307 e. The highest BCUT2D eigenvalue weighted by Crippen LogP contribution is 2.30. The van der Waals surface area contributed by atoms with Gasteiger partial charge in [-0.25, -0.2) is 0 Å². The van der Waals surface area contributed by atoms with Crippen molar-refractivity contribution in [1.29, 1.82) is 0 Å². The summed E-state index contributed by atoms with van der Waals surface area (Å²) in [7, 11) is 0. The second-order valence-corrected chi connectivity index (χ2v) is 7.45. The summed E-state index contributed by atoms with van der Waals surface area (Å²) in [4.78, 5) is 5.21. The first-order valence-corrected chi connectivity index (χ1v) is 8.96. The third-order valence-corrected chi connectivity index (χ3v) is 5.20. The van der Waals surface area contributed by atoms with E-state index in [9.17, 15) is 0 Å². The van der Waals surface area contributed by atoms with Crippen molar-refractivity contribution in [3.05, 3.63) is 34.3 Å². The number of piperazine rings is 1. The number of nitrogens with two attached hydrogens (primary N) is 1. The molecule has 0 aromatic heterocycles. The Morgan fingerprint density at radius 2 is 1.86 bits per heavy atom. The highest BCUT2D eigenvalue weighted by atomic mass is 79.9. The second kappa shape index (κ2) is 7.23. The third-order valence-electron chi connectivity index (χ3n) is 4.71. The van der Waals surface area contributed by atoms with Crippen molar-refractivity contribution in [1.82, 2.24) is 9.80 Å². The van der Waals surface area contributed by atoms with Crippen molar-refractivity contribution in [3.8, 4) is 0 Å². The van der Waals surface area contributed by atoms with Gasteiger partial charge in [0.1, 0.15) is 0 Å². The zero-order chi connectivity index (χ0) is 14.7. The Balaban J connectivity index is 1.39. The van der Waals surface area contributed by atoms with Crippen molar-refractivity contribution >= 4 is 15.9 Å². The maximum absolute atomic E-state index is 6.32. The van der Waals surface area contributed by atoms with E-state index >= 15 is 0 Å². The summed E-state index contributed by atoms with van der Waals surface area (Å²) in [6.07, 6.45) is 3.96. The molecule has 1 saturated carbocycles. The Morgan fingerprint density at radius 3 is 2.52 bits per heavy atom. The molecule has 3 rings (SSSR count). The van der Waals surface area contributed by atoms with Gasteiger partial charge < -0.3 is 15.5 Å². The molecular formula is C17H26BrN3. The fraction of sp³-hybridized carbons (Fsp3) is 0.647. The van der Waals surface area contributed by atoms with Crippen LogP contribution in [-0.2, 0) is 0 Å². The Morgan fingerprint density at radius 1 is 1.14 bits per heavy atom. The molecule has 0 spiro atoms. The van der Waals surface area contributed by atoms with Crippen LogP contribution in [0.15, 0.2) is 28.7 Å². The maximum atomic E-state index is 6.32. The lowest BCUT2D eigenvalue weighted by atomic mass is 10.0. The lowest BCUT2D eigenvalue weighted by molar-refractivity contribution is 0.126. The fourth-order valence-corrected chi connectivity index (χ4v) is 3.50. The van der Waals surface area contributed by atoms with E-state index in [1.807, 2.05) is 0 Å². The minimum absolute atomic E-state index is 0.145. The number of halogens is 1. The van der Waals surface area contributed by atoms with E-state index < -0.39 is 0 Å². The summed E-state index contributed by atoms with van der Waals surface area (Å²) in [5.41, 5.74) is 7.56. The molecule has 0 bridgehead atoms. The van der Waals surface area contributed by atoms with Gasteiger partial charge in [0.25, 0.3) is 0 Å². The van der Waals surface area contributed by atoms with Crippen LogP contribution < -0.4 is 5.73 Å². The Hall–Kier alpha value is -0.420. The molecule has 2 N–H and O–H groups in total. The van der Waals surface area contributed by atoms with Crippen molar-refractivity contribution in [2.45, 2.75) is 25.3 Å². The fourth-order valence-electron chi connectivity index (χ4n) is 3.09. The van der Waals surface area contributed by atoms with E-state index in [1.165, 1.54) is 51.1 Å². The van der Waals surface area contributed by atoms with E-state index in [2.05, 4.69) is 50.0 Å². The molecule has 1 aliphatic heterocycles. The molecule has 1 aliphatic carbocycles. The van der Waals surface area contributed by atoms with Gasteiger partial charge in [0, 0.05) is 49.8 Å². The predicted molar refractivity (Wildman–Crippen MR) is 91.3 cm³/mol. The average molecular weight is 352 g/mol. The second-order valence-electron chi connectivity index (χ2n) is 6.54. The lowest BCUT2D eigenvalue weighted by Crippen LogP contribution is -2.47. The molecule has 21 heavy (non-hydrogen) atoms. The monoisotopic (exact) mass is 351 g/mol. The van der Waals surface area contributed by atoms with Gasteiger partial charge >= 0.3 is 0 Å². The molecule has 1 atom stereocenters. The standard InChI is InChI=1S/C17H26BrN3/c18-16-3-1-2-15(12-16)17(19)6-7-20-8-10-21(11-9-20)13-14-4-5-14/h1-3,12,14,17H,4-11,13,19H2. The first-order valence-electron chi connectivity index (χ1n) is 8.16. The van der Waals surface area contributed by atoms with E-state index in [0.29, 0.717) is 0 Å². The molecule has 1 aromatic rings. The van der Waals surface area contributed by atoms with Gasteiger partial charge in [-0.1, -0.05) is 28.1 Å². The number of nitrogens with zero attached hydrogens (tertiary/aromatic N) is 2. The highest BCUT2D eigenvalue weighted by Gasteiger charge is 2.26. The van der Waals surface area contributed by atoms with Crippen LogP contribution >= 0.6 is 15.9 Å². The zero-order valence-electron chi connectivity index (χ0n) is 12.7. The van der Waals surface area contributed by atoms with Gasteiger partial charge in [-0.05, 0) is 42.9 Å². The van der Waals surface area contributed by atoms with Crippen LogP contribution in [0.25, 0.3) is 0 Å². The molecular weight excluding hydrogens is 326 g/mol. The molecule has 1 aromatic carbocycles. The molecule has 1 unspecified atom stereocenters. The van der Waals surface area contributed by atoms with Gasteiger partial charge in [0.15, 0.2) is 0 Å². The summed E-state index contributed by atoms with van der Waals surface area (Å²) in [5, 5.41) is 0. The number of hydrogen-bond acceptors (Lipinski definition) is 3. The van der Waals surface area contributed by atoms with E-state index in [-0.39, 0.29) is 6.04 Å². The summed E-state index contributed by atoms with van der Waals surface area (Å²) < 4.78 is 1.11. The van der Waals surface area contributed by atoms with Crippen LogP contribution in [0, 0.1) is 5.92 Å². The Labute approximate surface area is 136 Å². The summed E-state index contributed by atoms with van der Waals surface area (Å²) >= 11 is 3.52. The molecule has 0 radical (unpaired) electrons. The van der Waals surface area contributed by atoms with Crippen LogP contribution in [0.5, 0.6) is 0 Å². The van der Waals surface area contributed by atoms with Crippen LogP contribution in [0.4, 0.5) is 0 Å². The summed E-state index contributed by atoms with van der Waals surface area (Å²) in [5.74, 6) is 1.02. The average Bonchev–Trinajstić information content (AvgIpc) is 3.30. The quantitative estimate of drug-likeness (QED) is 0.855. The number of hydrogen-bond donors (Lipinski definition) is 1. The molecule has 1 saturated heterocycles. The Kier molecular flexibility index (Phi) is 5.33. The molecule has 116 valence electrons. The number of rotatable bonds is 6. The molecule has 0 amide bonds. The first kappa shape index (κ1) is 15.5. The van der Waals surface area contributed by atoms with Crippen molar-refractivity contribution in [3.63, 3.8) is 0 Å². The van der Waals surface area contributed by atoms with Crippen LogP contribution in [0.2, 0.25) is 0 Å². The van der Waals surface area contributed by atoms with E-state index in [4.69, 9.17) is 5.73 Å². The molecule has 3 nitrogen and oxygen atoms in total. The normalized spacial score (nSPS) is 22.4. The SMILES string of the molecule is NC(CCN1CCN(CC2CC2)CC1)c1cccc(Br)c1. The molecule has 4 heteroatoms. The smallest absolute Gasteiger partial charge is 0.0307 e. The minimum Gasteiger partial charge on any atom is -0.324 e. The predicted octanol–water partition coefficient (Wildman–Crippen LogP) is 2.87. The van der Waals surface area contributed by atoms with Gasteiger partial charge in [0.05, 0.1) is 0 Å².